The van der Waals surface area contributed by atoms with Crippen molar-refractivity contribution in [3.8, 4) is 0 Å². The van der Waals surface area contributed by atoms with Crippen molar-refractivity contribution in [1.82, 2.24) is 0 Å². The highest BCUT2D eigenvalue weighted by Crippen LogP contribution is 1.61. The van der Waals surface area contributed by atoms with Crippen molar-refractivity contribution in [2.45, 2.75) is 13.3 Å². The van der Waals surface area contributed by atoms with Crippen LogP contribution in [0.1, 0.15) is 13.3 Å². The molecule has 3 nitrogen and oxygen atoms in total. The first-order chi connectivity index (χ1) is 4.33. The van der Waals surface area contributed by atoms with E-state index in [4.69, 9.17) is 5.11 Å². The molecule has 58 valence electrons. The number of nitrogens with zero attached hydrogens (tertiary/aromatic N) is 1. The Labute approximate surface area is 57.6 Å². The number of rotatable bonds is 1. The van der Waals surface area contributed by atoms with Crippen LogP contribution in [0.15, 0.2) is 4.99 Å². The van der Waals surface area contributed by atoms with Gasteiger partial charge >= 0.3 is 0 Å². The molecule has 0 heterocycles. The van der Waals surface area contributed by atoms with Crippen molar-refractivity contribution in [2.75, 3.05) is 20.7 Å². The van der Waals surface area contributed by atoms with Crippen molar-refractivity contribution in [2.24, 2.45) is 10.7 Å². The van der Waals surface area contributed by atoms with E-state index in [0.717, 1.165) is 6.42 Å². The first kappa shape index (κ1) is 15.8. The molecule has 0 aliphatic rings. The summed E-state index contributed by atoms with van der Waals surface area (Å²) in [6.45, 7) is 5.36. The third kappa shape index (κ3) is 681. The number of aliphatic imine (C=N–C) groups is 1. The predicted molar refractivity (Wildman–Crippen MR) is 43.0 cm³/mol. The summed E-state index contributed by atoms with van der Waals surface area (Å²) >= 11 is 0. The van der Waals surface area contributed by atoms with Crippen LogP contribution in [0.3, 0.4) is 0 Å². The van der Waals surface area contributed by atoms with E-state index >= 15 is 0 Å². The Morgan fingerprint density at radius 1 is 1.56 bits per heavy atom. The topological polar surface area (TPSA) is 58.6 Å². The quantitative estimate of drug-likeness (QED) is 0.506. The smallest absolute Gasteiger partial charge is 0.0428 e. The summed E-state index contributed by atoms with van der Waals surface area (Å²) in [7, 11) is 3.14. The average molecular weight is 134 g/mol. The van der Waals surface area contributed by atoms with Gasteiger partial charge in [0.05, 0.1) is 0 Å². The van der Waals surface area contributed by atoms with Gasteiger partial charge in [0, 0.05) is 13.7 Å². The molecule has 0 atom stereocenters. The number of hydrogen-bond donors (Lipinski definition) is 2. The Kier molecular flexibility index (Phi) is 86.5. The summed E-state index contributed by atoms with van der Waals surface area (Å²) in [4.78, 5) is 3.25. The van der Waals surface area contributed by atoms with Gasteiger partial charge in [0.1, 0.15) is 0 Å². The summed E-state index contributed by atoms with van der Waals surface area (Å²) in [6.07, 6.45) is 0.875. The number of aliphatic hydroxyl groups is 1. The van der Waals surface area contributed by atoms with Crippen molar-refractivity contribution in [1.29, 1.82) is 0 Å². The van der Waals surface area contributed by atoms with Crippen molar-refractivity contribution >= 4 is 6.72 Å². The molecule has 0 aliphatic heterocycles. The second-order valence-electron chi connectivity index (χ2n) is 1.04. The third-order valence-corrected chi connectivity index (χ3v) is 0.224. The molecule has 0 saturated heterocycles. The Morgan fingerprint density at radius 2 is 1.67 bits per heavy atom. The number of aliphatic hydroxyl groups excluding tert-OH is 1. The maximum atomic E-state index is 7.88. The molecule has 0 bridgehead atoms. The molecule has 0 radical (unpaired) electrons. The van der Waals surface area contributed by atoms with Crippen LogP contribution >= 0.6 is 0 Å². The Hall–Kier alpha value is -0.410. The lowest BCUT2D eigenvalue weighted by Gasteiger charge is -1.69. The minimum absolute atomic E-state index is 0.319. The molecule has 0 unspecified atom stereocenters. The van der Waals surface area contributed by atoms with E-state index in [9.17, 15) is 0 Å². The number of nitrogens with two attached hydrogens (primary N) is 1. The molecule has 0 aromatic carbocycles. The Bertz CT molecular complexity index is 30.2. The van der Waals surface area contributed by atoms with E-state index in [2.05, 4.69) is 17.4 Å². The molecule has 9 heavy (non-hydrogen) atoms. The van der Waals surface area contributed by atoms with Crippen molar-refractivity contribution in [3.63, 3.8) is 0 Å². The number of hydrogen-bond acceptors (Lipinski definition) is 3. The fraction of sp³-hybridized carbons (Fsp3) is 0.833. The zero-order valence-corrected chi connectivity index (χ0v) is 6.59. The van der Waals surface area contributed by atoms with E-state index in [0.29, 0.717) is 6.61 Å². The Balaban J connectivity index is -0.0000000646. The Morgan fingerprint density at radius 3 is 1.67 bits per heavy atom. The van der Waals surface area contributed by atoms with Crippen LogP contribution < -0.4 is 5.73 Å². The van der Waals surface area contributed by atoms with Gasteiger partial charge in [0.2, 0.25) is 0 Å². The highest BCUT2D eigenvalue weighted by Gasteiger charge is 1.57. The highest BCUT2D eigenvalue weighted by atomic mass is 16.2. The van der Waals surface area contributed by atoms with Crippen LogP contribution in [0, 0.1) is 0 Å². The first-order valence-electron chi connectivity index (χ1n) is 2.86. The normalized spacial score (nSPS) is 5.44. The minimum Gasteiger partial charge on any atom is -0.396 e. The summed E-state index contributed by atoms with van der Waals surface area (Å²) in [5.41, 5.74) is 4.50. The first-order valence-corrected chi connectivity index (χ1v) is 2.86. The van der Waals surface area contributed by atoms with Gasteiger partial charge in [0.25, 0.3) is 0 Å². The van der Waals surface area contributed by atoms with Gasteiger partial charge in [-0.05, 0) is 20.2 Å². The standard InChI is InChI=1S/C3H8O.C2H5N.CH5N/c1-2-3-4;1-3-2;1-2/h4H,2-3H2,1H3;1H2,2H3;2H2,1H3. The molecular weight excluding hydrogens is 116 g/mol. The van der Waals surface area contributed by atoms with Gasteiger partial charge in [-0.25, -0.2) is 0 Å². The van der Waals surface area contributed by atoms with E-state index in [1.54, 1.807) is 7.05 Å². The van der Waals surface area contributed by atoms with Gasteiger partial charge in [-0.2, -0.15) is 0 Å². The fourth-order valence-electron chi connectivity index (χ4n) is 0. The van der Waals surface area contributed by atoms with Crippen LogP contribution in [-0.2, 0) is 0 Å². The van der Waals surface area contributed by atoms with Gasteiger partial charge in [0.15, 0.2) is 0 Å². The maximum Gasteiger partial charge on any atom is 0.0428 e. The van der Waals surface area contributed by atoms with Crippen LogP contribution in [-0.4, -0.2) is 32.5 Å². The van der Waals surface area contributed by atoms with Gasteiger partial charge in [-0.1, -0.05) is 6.92 Å². The van der Waals surface area contributed by atoms with E-state index in [1.165, 1.54) is 7.05 Å². The summed E-state index contributed by atoms with van der Waals surface area (Å²) in [5.74, 6) is 0. The van der Waals surface area contributed by atoms with Crippen molar-refractivity contribution in [3.05, 3.63) is 0 Å². The lowest BCUT2D eigenvalue weighted by Crippen LogP contribution is -1.69. The molecule has 3 heteroatoms. The molecule has 0 aromatic rings. The lowest BCUT2D eigenvalue weighted by molar-refractivity contribution is 0.295. The lowest BCUT2D eigenvalue weighted by atomic mass is 10.5. The second kappa shape index (κ2) is 49.1. The van der Waals surface area contributed by atoms with Crippen LogP contribution in [0.4, 0.5) is 0 Å². The molecule has 0 fully saturated rings. The predicted octanol–water partition coefficient (Wildman–Crippen LogP) is 0.280. The third-order valence-electron chi connectivity index (χ3n) is 0.224. The largest absolute Gasteiger partial charge is 0.396 e. The zero-order chi connectivity index (χ0) is 8.12. The van der Waals surface area contributed by atoms with Crippen LogP contribution in [0.2, 0.25) is 0 Å². The van der Waals surface area contributed by atoms with Gasteiger partial charge in [-0.15, -0.1) is 0 Å². The van der Waals surface area contributed by atoms with Crippen LogP contribution in [0.25, 0.3) is 0 Å². The molecule has 0 rings (SSSR count). The maximum absolute atomic E-state index is 7.88. The van der Waals surface area contributed by atoms with Gasteiger partial charge in [-0.3, -0.25) is 0 Å². The van der Waals surface area contributed by atoms with Crippen molar-refractivity contribution < 1.29 is 5.11 Å². The van der Waals surface area contributed by atoms with E-state index in [1.807, 2.05) is 6.92 Å². The molecule has 0 spiro atoms. The summed E-state index contributed by atoms with van der Waals surface area (Å²) in [6, 6.07) is 0. The van der Waals surface area contributed by atoms with Gasteiger partial charge < -0.3 is 15.8 Å². The molecule has 0 saturated carbocycles. The average Bonchev–Trinajstić information content (AvgIpc) is 1.94. The van der Waals surface area contributed by atoms with E-state index in [-0.39, 0.29) is 0 Å². The SMILES string of the molecule is C=NC.CCCO.CN. The molecular formula is C6H18N2O. The van der Waals surface area contributed by atoms with Crippen LogP contribution in [0.5, 0.6) is 0 Å². The molecule has 0 aliphatic carbocycles. The zero-order valence-electron chi connectivity index (χ0n) is 6.59. The summed E-state index contributed by atoms with van der Waals surface area (Å²) < 4.78 is 0. The highest BCUT2D eigenvalue weighted by molar-refractivity contribution is 5.22. The molecule has 3 N–H and O–H groups in total. The van der Waals surface area contributed by atoms with E-state index < -0.39 is 0 Å². The fourth-order valence-corrected chi connectivity index (χ4v) is 0. The monoisotopic (exact) mass is 134 g/mol. The molecule has 0 amide bonds. The minimum atomic E-state index is 0.319. The summed E-state index contributed by atoms with van der Waals surface area (Å²) in [5, 5.41) is 7.88. The molecule has 0 aromatic heterocycles. The second-order valence-corrected chi connectivity index (χ2v) is 1.04.